The van der Waals surface area contributed by atoms with Crippen molar-refractivity contribution in [2.24, 2.45) is 5.73 Å². The molecule has 0 atom stereocenters. The minimum Gasteiger partial charge on any atom is -0.383 e. The van der Waals surface area contributed by atoms with Crippen LogP contribution in [0.1, 0.15) is 22.3 Å². The minimum atomic E-state index is -0.962. The highest BCUT2D eigenvalue weighted by Gasteiger charge is 2.40. The second kappa shape index (κ2) is 6.10. The Morgan fingerprint density at radius 2 is 1.33 bits per heavy atom. The normalized spacial score (nSPS) is 11.4. The van der Waals surface area contributed by atoms with Crippen molar-refractivity contribution < 1.29 is 9.53 Å². The lowest BCUT2D eigenvalue weighted by molar-refractivity contribution is -0.123. The molecule has 0 aromatic heterocycles. The maximum Gasteiger partial charge on any atom is 0.234 e. The van der Waals surface area contributed by atoms with Crippen LogP contribution in [0.25, 0.3) is 0 Å². The van der Waals surface area contributed by atoms with E-state index in [1.165, 1.54) is 0 Å². The van der Waals surface area contributed by atoms with Gasteiger partial charge in [0.2, 0.25) is 5.91 Å². The Morgan fingerprint density at radius 1 is 0.952 bits per heavy atom. The molecule has 0 bridgehead atoms. The molecule has 2 aromatic carbocycles. The number of carbonyl (C=O) groups is 1. The Hall–Kier alpha value is -2.13. The van der Waals surface area contributed by atoms with Gasteiger partial charge in [-0.05, 0) is 25.0 Å². The molecule has 0 unspecified atom stereocenters. The van der Waals surface area contributed by atoms with E-state index >= 15 is 0 Å². The van der Waals surface area contributed by atoms with Crippen molar-refractivity contribution in [3.05, 3.63) is 70.8 Å². The van der Waals surface area contributed by atoms with Crippen LogP contribution < -0.4 is 5.73 Å². The zero-order valence-electron chi connectivity index (χ0n) is 12.7. The number of rotatable bonds is 5. The van der Waals surface area contributed by atoms with Crippen LogP contribution in [-0.2, 0) is 14.9 Å². The monoisotopic (exact) mass is 283 g/mol. The van der Waals surface area contributed by atoms with Crippen molar-refractivity contribution in [1.82, 2.24) is 0 Å². The Morgan fingerprint density at radius 3 is 1.62 bits per heavy atom. The summed E-state index contributed by atoms with van der Waals surface area (Å²) in [6.07, 6.45) is 0. The maximum absolute atomic E-state index is 12.3. The first-order valence-corrected chi connectivity index (χ1v) is 6.94. The molecule has 21 heavy (non-hydrogen) atoms. The zero-order chi connectivity index (χ0) is 15.5. The van der Waals surface area contributed by atoms with E-state index in [4.69, 9.17) is 10.5 Å². The molecule has 0 saturated carbocycles. The lowest BCUT2D eigenvalue weighted by Gasteiger charge is -2.31. The number of primary amides is 1. The third kappa shape index (κ3) is 2.83. The number of aryl methyl sites for hydroxylation is 2. The quantitative estimate of drug-likeness (QED) is 0.917. The third-order valence-corrected chi connectivity index (χ3v) is 3.87. The van der Waals surface area contributed by atoms with Crippen molar-refractivity contribution >= 4 is 5.91 Å². The first-order valence-electron chi connectivity index (χ1n) is 6.94. The number of ether oxygens (including phenoxy) is 1. The number of methoxy groups -OCH3 is 1. The molecule has 0 radical (unpaired) electrons. The molecule has 2 rings (SSSR count). The molecule has 3 nitrogen and oxygen atoms in total. The van der Waals surface area contributed by atoms with Crippen molar-refractivity contribution in [1.29, 1.82) is 0 Å². The van der Waals surface area contributed by atoms with Crippen molar-refractivity contribution in [2.75, 3.05) is 13.7 Å². The largest absolute Gasteiger partial charge is 0.383 e. The fraction of sp³-hybridized carbons (Fsp3) is 0.278. The van der Waals surface area contributed by atoms with E-state index in [1.807, 2.05) is 62.4 Å². The molecule has 3 heteroatoms. The van der Waals surface area contributed by atoms with Crippen molar-refractivity contribution in [2.45, 2.75) is 19.3 Å². The third-order valence-electron chi connectivity index (χ3n) is 3.87. The molecule has 0 fully saturated rings. The van der Waals surface area contributed by atoms with Crippen LogP contribution in [0.4, 0.5) is 0 Å². The van der Waals surface area contributed by atoms with Crippen LogP contribution in [0, 0.1) is 13.8 Å². The molecule has 0 aliphatic rings. The van der Waals surface area contributed by atoms with Crippen LogP contribution in [0.2, 0.25) is 0 Å². The number of carbonyl (C=O) groups excluding carboxylic acids is 1. The van der Waals surface area contributed by atoms with E-state index in [2.05, 4.69) is 0 Å². The van der Waals surface area contributed by atoms with Crippen LogP contribution in [0.15, 0.2) is 48.5 Å². The fourth-order valence-electron chi connectivity index (χ4n) is 2.58. The molecule has 2 aromatic rings. The van der Waals surface area contributed by atoms with E-state index < -0.39 is 11.3 Å². The summed E-state index contributed by atoms with van der Waals surface area (Å²) in [6, 6.07) is 15.7. The Kier molecular flexibility index (Phi) is 4.43. The second-order valence-electron chi connectivity index (χ2n) is 5.43. The maximum atomic E-state index is 12.3. The number of benzene rings is 2. The van der Waals surface area contributed by atoms with Crippen LogP contribution in [0.3, 0.4) is 0 Å². The second-order valence-corrected chi connectivity index (χ2v) is 5.43. The highest BCUT2D eigenvalue weighted by atomic mass is 16.5. The van der Waals surface area contributed by atoms with Gasteiger partial charge in [0.1, 0.15) is 5.41 Å². The van der Waals surface area contributed by atoms with Crippen LogP contribution in [0.5, 0.6) is 0 Å². The number of hydrogen-bond donors (Lipinski definition) is 1. The molecular weight excluding hydrogens is 262 g/mol. The van der Waals surface area contributed by atoms with E-state index in [1.54, 1.807) is 7.11 Å². The number of nitrogens with two attached hydrogens (primary N) is 1. The summed E-state index contributed by atoms with van der Waals surface area (Å²) in [5.74, 6) is -0.406. The average Bonchev–Trinajstić information content (AvgIpc) is 2.46. The van der Waals surface area contributed by atoms with Crippen molar-refractivity contribution in [3.8, 4) is 0 Å². The van der Waals surface area contributed by atoms with Gasteiger partial charge in [0.05, 0.1) is 6.61 Å². The summed E-state index contributed by atoms with van der Waals surface area (Å²) in [5, 5.41) is 0. The molecule has 2 N–H and O–H groups in total. The van der Waals surface area contributed by atoms with Gasteiger partial charge in [0, 0.05) is 7.11 Å². The molecular formula is C18H21NO2. The smallest absolute Gasteiger partial charge is 0.234 e. The Bertz CT molecular complexity index is 569. The minimum absolute atomic E-state index is 0.217. The standard InChI is InChI=1S/C18H21NO2/c1-13-4-8-15(9-5-13)18(12-21-3,17(19)20)16-10-6-14(2)7-11-16/h4-11H,12H2,1-3H3,(H2,19,20). The van der Waals surface area contributed by atoms with E-state index in [9.17, 15) is 4.79 Å². The first-order chi connectivity index (χ1) is 10.0. The van der Waals surface area contributed by atoms with Crippen LogP contribution in [-0.4, -0.2) is 19.6 Å². The summed E-state index contributed by atoms with van der Waals surface area (Å²) in [6.45, 7) is 4.24. The molecule has 0 aliphatic carbocycles. The van der Waals surface area contributed by atoms with Crippen molar-refractivity contribution in [3.63, 3.8) is 0 Å². The summed E-state index contributed by atoms with van der Waals surface area (Å²) in [5.41, 5.74) is 8.80. The SMILES string of the molecule is COCC(C(N)=O)(c1ccc(C)cc1)c1ccc(C)cc1. The number of hydrogen-bond acceptors (Lipinski definition) is 2. The van der Waals surface area contributed by atoms with E-state index in [-0.39, 0.29) is 6.61 Å². The Balaban J connectivity index is 2.65. The topological polar surface area (TPSA) is 52.3 Å². The van der Waals surface area contributed by atoms with Gasteiger partial charge in [-0.1, -0.05) is 59.7 Å². The van der Waals surface area contributed by atoms with Gasteiger partial charge in [-0.25, -0.2) is 0 Å². The van der Waals surface area contributed by atoms with Gasteiger partial charge in [-0.3, -0.25) is 4.79 Å². The zero-order valence-corrected chi connectivity index (χ0v) is 12.7. The lowest BCUT2D eigenvalue weighted by Crippen LogP contribution is -2.46. The fourth-order valence-corrected chi connectivity index (χ4v) is 2.58. The summed E-state index contributed by atoms with van der Waals surface area (Å²) >= 11 is 0. The van der Waals surface area contributed by atoms with Crippen LogP contribution >= 0.6 is 0 Å². The molecule has 110 valence electrons. The van der Waals surface area contributed by atoms with Gasteiger partial charge in [-0.2, -0.15) is 0 Å². The molecule has 0 spiro atoms. The molecule has 0 aliphatic heterocycles. The average molecular weight is 283 g/mol. The van der Waals surface area contributed by atoms with E-state index in [0.29, 0.717) is 0 Å². The van der Waals surface area contributed by atoms with Gasteiger partial charge >= 0.3 is 0 Å². The van der Waals surface area contributed by atoms with Gasteiger partial charge in [-0.15, -0.1) is 0 Å². The van der Waals surface area contributed by atoms with Gasteiger partial charge in [0.25, 0.3) is 0 Å². The lowest BCUT2D eigenvalue weighted by atomic mass is 9.74. The first kappa shape index (κ1) is 15.3. The highest BCUT2D eigenvalue weighted by molar-refractivity contribution is 5.91. The summed E-state index contributed by atoms with van der Waals surface area (Å²) < 4.78 is 5.34. The van der Waals surface area contributed by atoms with Gasteiger partial charge in [0.15, 0.2) is 0 Å². The summed E-state index contributed by atoms with van der Waals surface area (Å²) in [7, 11) is 1.58. The van der Waals surface area contributed by atoms with Gasteiger partial charge < -0.3 is 10.5 Å². The van der Waals surface area contributed by atoms with E-state index in [0.717, 1.165) is 22.3 Å². The Labute approximate surface area is 125 Å². The number of amides is 1. The molecule has 0 heterocycles. The predicted octanol–water partition coefficient (Wildman–Crippen LogP) is 2.72. The highest BCUT2D eigenvalue weighted by Crippen LogP contribution is 2.33. The molecule has 1 amide bonds. The molecule has 0 saturated heterocycles. The predicted molar refractivity (Wildman–Crippen MR) is 84.2 cm³/mol. The summed E-state index contributed by atoms with van der Waals surface area (Å²) in [4.78, 5) is 12.3.